The van der Waals surface area contributed by atoms with Crippen molar-refractivity contribution in [3.63, 3.8) is 0 Å². The highest BCUT2D eigenvalue weighted by molar-refractivity contribution is 8.76. The molecule has 0 N–H and O–H groups in total. The predicted molar refractivity (Wildman–Crippen MR) is 89.1 cm³/mol. The molecule has 0 aromatic rings. The van der Waals surface area contributed by atoms with E-state index in [1.165, 1.54) is 0 Å². The molecule has 126 valence electrons. The lowest BCUT2D eigenvalue weighted by Gasteiger charge is -2.00. The summed E-state index contributed by atoms with van der Waals surface area (Å²) in [5, 5.41) is 0. The first-order valence-corrected chi connectivity index (χ1v) is 9.33. The number of carbonyl (C=O) groups excluding carboxylic acids is 2. The Morgan fingerprint density at radius 2 is 1.14 bits per heavy atom. The molecule has 0 heterocycles. The largest absolute Gasteiger partial charge is 0.508 e. The normalized spacial score (nSPS) is 10.8. The predicted octanol–water partition coefficient (Wildman–Crippen LogP) is 3.83. The second-order valence-electron chi connectivity index (χ2n) is 3.50. The fourth-order valence-electron chi connectivity index (χ4n) is 0.998. The molecule has 0 aliphatic rings. The van der Waals surface area contributed by atoms with Crippen molar-refractivity contribution in [3.05, 3.63) is 24.3 Å². The number of ether oxygens (including phenoxy) is 4. The lowest BCUT2D eigenvalue weighted by Crippen LogP contribution is -2.06. The van der Waals surface area contributed by atoms with E-state index in [-0.39, 0.29) is 13.2 Å². The van der Waals surface area contributed by atoms with Gasteiger partial charge in [0.2, 0.25) is 0 Å². The highest BCUT2D eigenvalue weighted by Gasteiger charge is 1.98. The van der Waals surface area contributed by atoms with Crippen LogP contribution in [0.15, 0.2) is 24.3 Å². The highest BCUT2D eigenvalue weighted by Crippen LogP contribution is 2.20. The maximum atomic E-state index is 10.8. The molecule has 0 bridgehead atoms. The van der Waals surface area contributed by atoms with E-state index >= 15 is 0 Å². The molecule has 22 heavy (non-hydrogen) atoms. The van der Waals surface area contributed by atoms with E-state index in [0.29, 0.717) is 13.2 Å². The molecule has 0 fully saturated rings. The quantitative estimate of drug-likeness (QED) is 0.241. The van der Waals surface area contributed by atoms with Crippen molar-refractivity contribution in [3.8, 4) is 0 Å². The molecule has 6 nitrogen and oxygen atoms in total. The van der Waals surface area contributed by atoms with Gasteiger partial charge in [0.25, 0.3) is 0 Å². The molecule has 0 radical (unpaired) electrons. The molecule has 0 rings (SSSR count). The van der Waals surface area contributed by atoms with Crippen molar-refractivity contribution in [1.82, 2.24) is 0 Å². The standard InChI is InChI=1S/C14H22O6S2/c1-3-17-13(15)19-9-5-7-11-21-22-12-8-6-10-20-14(16)18-4-2/h5-8H,3-4,9-12H2,1-2H3. The summed E-state index contributed by atoms with van der Waals surface area (Å²) in [6.07, 6.45) is 6.09. The molecule has 0 saturated heterocycles. The molecular formula is C14H22O6S2. The van der Waals surface area contributed by atoms with E-state index < -0.39 is 12.3 Å². The van der Waals surface area contributed by atoms with Gasteiger partial charge >= 0.3 is 12.3 Å². The van der Waals surface area contributed by atoms with E-state index in [2.05, 4.69) is 9.47 Å². The molecule has 0 amide bonds. The van der Waals surface area contributed by atoms with Crippen molar-refractivity contribution in [2.45, 2.75) is 13.8 Å². The minimum atomic E-state index is -0.649. The topological polar surface area (TPSA) is 71.1 Å². The SMILES string of the molecule is CCOC(=O)OCC=CCSSCC=CCOC(=O)OCC. The third kappa shape index (κ3) is 15.1. The van der Waals surface area contributed by atoms with Crippen LogP contribution in [0.4, 0.5) is 9.59 Å². The van der Waals surface area contributed by atoms with E-state index in [1.807, 2.05) is 12.2 Å². The molecule has 0 aliphatic heterocycles. The monoisotopic (exact) mass is 350 g/mol. The second-order valence-corrected chi connectivity index (χ2v) is 6.05. The lowest BCUT2D eigenvalue weighted by atomic mass is 10.5. The number of carbonyl (C=O) groups is 2. The third-order valence-electron chi connectivity index (χ3n) is 1.86. The maximum absolute atomic E-state index is 10.8. The van der Waals surface area contributed by atoms with E-state index in [0.717, 1.165) is 11.5 Å². The fourth-order valence-corrected chi connectivity index (χ4v) is 2.67. The minimum absolute atomic E-state index is 0.217. The van der Waals surface area contributed by atoms with Crippen molar-refractivity contribution < 1.29 is 28.5 Å². The minimum Gasteiger partial charge on any atom is -0.435 e. The van der Waals surface area contributed by atoms with Gasteiger partial charge < -0.3 is 18.9 Å². The highest BCUT2D eigenvalue weighted by atomic mass is 33.1. The Labute approximate surface area is 139 Å². The van der Waals surface area contributed by atoms with Crippen LogP contribution < -0.4 is 0 Å². The van der Waals surface area contributed by atoms with Gasteiger partial charge in [-0.15, -0.1) is 0 Å². The maximum Gasteiger partial charge on any atom is 0.508 e. The molecule has 8 heteroatoms. The molecule has 0 saturated carbocycles. The molecule has 0 aromatic carbocycles. The number of rotatable bonds is 11. The van der Waals surface area contributed by atoms with Gasteiger partial charge in [0, 0.05) is 11.5 Å². The van der Waals surface area contributed by atoms with Crippen molar-refractivity contribution in [2.75, 3.05) is 37.9 Å². The first-order chi connectivity index (χ1) is 10.7. The summed E-state index contributed by atoms with van der Waals surface area (Å²) in [4.78, 5) is 21.7. The zero-order chi connectivity index (χ0) is 16.5. The molecule has 0 unspecified atom stereocenters. The number of hydrogen-bond acceptors (Lipinski definition) is 8. The average molecular weight is 350 g/mol. The van der Waals surface area contributed by atoms with Gasteiger partial charge in [-0.05, 0) is 13.8 Å². The van der Waals surface area contributed by atoms with Crippen LogP contribution in [0.2, 0.25) is 0 Å². The average Bonchev–Trinajstić information content (AvgIpc) is 2.49. The van der Waals surface area contributed by atoms with Crippen LogP contribution in [0.3, 0.4) is 0 Å². The first-order valence-electron chi connectivity index (χ1n) is 6.84. The van der Waals surface area contributed by atoms with Crippen LogP contribution in [-0.4, -0.2) is 50.2 Å². The summed E-state index contributed by atoms with van der Waals surface area (Å²) in [5.41, 5.74) is 0. The summed E-state index contributed by atoms with van der Waals surface area (Å²) in [6.45, 7) is 4.51. The van der Waals surface area contributed by atoms with Gasteiger partial charge in [0.1, 0.15) is 13.2 Å². The Balaban J connectivity index is 3.35. The molecule has 0 spiro atoms. The van der Waals surface area contributed by atoms with Crippen LogP contribution >= 0.6 is 21.6 Å². The van der Waals surface area contributed by atoms with Gasteiger partial charge in [-0.25, -0.2) is 9.59 Å². The Bertz CT molecular complexity index is 323. The van der Waals surface area contributed by atoms with Gasteiger partial charge in [-0.1, -0.05) is 45.9 Å². The lowest BCUT2D eigenvalue weighted by molar-refractivity contribution is 0.0663. The summed E-state index contributed by atoms with van der Waals surface area (Å²) < 4.78 is 18.8. The summed E-state index contributed by atoms with van der Waals surface area (Å²) >= 11 is 0. The Kier molecular flexibility index (Phi) is 15.2. The van der Waals surface area contributed by atoms with Crippen LogP contribution in [-0.2, 0) is 18.9 Å². The van der Waals surface area contributed by atoms with Gasteiger partial charge in [-0.2, -0.15) is 0 Å². The Hall–Kier alpha value is -1.28. The second kappa shape index (κ2) is 16.1. The van der Waals surface area contributed by atoms with Crippen LogP contribution in [0.25, 0.3) is 0 Å². The zero-order valence-corrected chi connectivity index (χ0v) is 14.5. The van der Waals surface area contributed by atoms with Crippen molar-refractivity contribution in [2.24, 2.45) is 0 Å². The smallest absolute Gasteiger partial charge is 0.435 e. The fraction of sp³-hybridized carbons (Fsp3) is 0.571. The van der Waals surface area contributed by atoms with E-state index in [1.54, 1.807) is 47.6 Å². The summed E-state index contributed by atoms with van der Waals surface area (Å²) in [5.74, 6) is 1.62. The molecule has 0 aliphatic carbocycles. The Morgan fingerprint density at radius 3 is 1.50 bits per heavy atom. The van der Waals surface area contributed by atoms with E-state index in [9.17, 15) is 9.59 Å². The molecule has 0 aromatic heterocycles. The van der Waals surface area contributed by atoms with Crippen molar-refractivity contribution >= 4 is 33.9 Å². The first kappa shape index (κ1) is 20.7. The summed E-state index contributed by atoms with van der Waals surface area (Å²) in [6, 6.07) is 0. The molecular weight excluding hydrogens is 328 g/mol. The van der Waals surface area contributed by atoms with Gasteiger partial charge in [0.15, 0.2) is 0 Å². The van der Waals surface area contributed by atoms with Gasteiger partial charge in [-0.3, -0.25) is 0 Å². The Morgan fingerprint density at radius 1 is 0.727 bits per heavy atom. The summed E-state index contributed by atoms with van der Waals surface area (Å²) in [7, 11) is 3.34. The number of hydrogen-bond donors (Lipinski definition) is 0. The van der Waals surface area contributed by atoms with E-state index in [4.69, 9.17) is 9.47 Å². The van der Waals surface area contributed by atoms with Gasteiger partial charge in [0.05, 0.1) is 13.2 Å². The molecule has 0 atom stereocenters. The van der Waals surface area contributed by atoms with Crippen LogP contribution in [0.5, 0.6) is 0 Å². The third-order valence-corrected chi connectivity index (χ3v) is 4.00. The zero-order valence-electron chi connectivity index (χ0n) is 12.8. The van der Waals surface area contributed by atoms with Crippen LogP contribution in [0.1, 0.15) is 13.8 Å². The van der Waals surface area contributed by atoms with Crippen molar-refractivity contribution in [1.29, 1.82) is 0 Å². The van der Waals surface area contributed by atoms with Crippen LogP contribution in [0, 0.1) is 0 Å².